The van der Waals surface area contributed by atoms with Gasteiger partial charge in [-0.25, -0.2) is 0 Å². The van der Waals surface area contributed by atoms with Crippen molar-refractivity contribution in [3.8, 4) is 5.75 Å². The molecule has 0 aliphatic rings. The molecule has 0 saturated carbocycles. The molecule has 2 amide bonds. The maximum atomic E-state index is 12.2. The monoisotopic (exact) mass is 298 g/mol. The van der Waals surface area contributed by atoms with Crippen LogP contribution < -0.4 is 15.4 Å². The van der Waals surface area contributed by atoms with Gasteiger partial charge < -0.3 is 15.4 Å². The molecular formula is C17H18N2O3. The fraction of sp³-hybridized carbons (Fsp3) is 0.176. The number of methoxy groups -OCH3 is 1. The summed E-state index contributed by atoms with van der Waals surface area (Å²) in [7, 11) is 1.57. The third-order valence-corrected chi connectivity index (χ3v) is 3.06. The Morgan fingerprint density at radius 3 is 2.18 bits per heavy atom. The molecule has 0 saturated heterocycles. The van der Waals surface area contributed by atoms with E-state index in [1.165, 1.54) is 6.92 Å². The van der Waals surface area contributed by atoms with Gasteiger partial charge in [-0.1, -0.05) is 30.3 Å². The minimum Gasteiger partial charge on any atom is -0.496 e. The molecule has 2 N–H and O–H groups in total. The smallest absolute Gasteiger partial charge is 0.228 e. The molecule has 114 valence electrons. The minimum atomic E-state index is -0.188. The molecular weight excluding hydrogens is 280 g/mol. The zero-order valence-electron chi connectivity index (χ0n) is 12.6. The molecule has 0 bridgehead atoms. The Kier molecular flexibility index (Phi) is 5.14. The maximum Gasteiger partial charge on any atom is 0.228 e. The Balaban J connectivity index is 2.11. The number of hydrogen-bond donors (Lipinski definition) is 2. The van der Waals surface area contributed by atoms with Gasteiger partial charge in [0.15, 0.2) is 0 Å². The summed E-state index contributed by atoms with van der Waals surface area (Å²) in [5.41, 5.74) is 1.94. The third kappa shape index (κ3) is 4.09. The van der Waals surface area contributed by atoms with Crippen LogP contribution in [-0.4, -0.2) is 18.9 Å². The molecule has 0 radical (unpaired) electrons. The number of amides is 2. The standard InChI is InChI=1S/C17H18N2O3/c1-12(20)18-14-8-4-5-9-15(14)19-17(21)11-13-7-3-6-10-16(13)22-2/h3-10H,11H2,1-2H3,(H,18,20)(H,19,21). The van der Waals surface area contributed by atoms with Crippen LogP contribution in [0.15, 0.2) is 48.5 Å². The minimum absolute atomic E-state index is 0.178. The van der Waals surface area contributed by atoms with Crippen molar-refractivity contribution in [2.75, 3.05) is 17.7 Å². The van der Waals surface area contributed by atoms with Crippen LogP contribution in [0.5, 0.6) is 5.75 Å². The van der Waals surface area contributed by atoms with E-state index < -0.39 is 0 Å². The second kappa shape index (κ2) is 7.26. The number of hydrogen-bond acceptors (Lipinski definition) is 3. The van der Waals surface area contributed by atoms with Crippen molar-refractivity contribution in [3.63, 3.8) is 0 Å². The Morgan fingerprint density at radius 2 is 1.55 bits per heavy atom. The zero-order valence-corrected chi connectivity index (χ0v) is 12.6. The molecule has 0 unspecified atom stereocenters. The largest absolute Gasteiger partial charge is 0.496 e. The van der Waals surface area contributed by atoms with Crippen molar-refractivity contribution >= 4 is 23.2 Å². The first-order valence-electron chi connectivity index (χ1n) is 6.88. The first-order valence-corrected chi connectivity index (χ1v) is 6.88. The molecule has 0 spiro atoms. The van der Waals surface area contributed by atoms with E-state index in [0.717, 1.165) is 5.56 Å². The highest BCUT2D eigenvalue weighted by Crippen LogP contribution is 2.22. The highest BCUT2D eigenvalue weighted by molar-refractivity contribution is 5.99. The van der Waals surface area contributed by atoms with Gasteiger partial charge in [-0.2, -0.15) is 0 Å². The van der Waals surface area contributed by atoms with Crippen LogP contribution in [-0.2, 0) is 16.0 Å². The number of carbonyl (C=O) groups is 2. The second-order valence-corrected chi connectivity index (χ2v) is 4.76. The number of carbonyl (C=O) groups excluding carboxylic acids is 2. The zero-order chi connectivity index (χ0) is 15.9. The number of rotatable bonds is 5. The molecule has 5 heteroatoms. The number of benzene rings is 2. The highest BCUT2D eigenvalue weighted by atomic mass is 16.5. The van der Waals surface area contributed by atoms with Crippen LogP contribution in [0.2, 0.25) is 0 Å². The summed E-state index contributed by atoms with van der Waals surface area (Å²) < 4.78 is 5.24. The quantitative estimate of drug-likeness (QED) is 0.892. The van der Waals surface area contributed by atoms with Gasteiger partial charge in [0.1, 0.15) is 5.75 Å². The van der Waals surface area contributed by atoms with E-state index in [-0.39, 0.29) is 18.2 Å². The molecule has 2 rings (SSSR count). The molecule has 0 heterocycles. The Bertz CT molecular complexity index is 683. The summed E-state index contributed by atoms with van der Waals surface area (Å²) in [5.74, 6) is 0.307. The summed E-state index contributed by atoms with van der Waals surface area (Å²) in [5, 5.41) is 5.49. The van der Waals surface area contributed by atoms with Gasteiger partial charge in [-0.05, 0) is 18.2 Å². The van der Waals surface area contributed by atoms with Gasteiger partial charge in [0, 0.05) is 12.5 Å². The Labute approximate surface area is 129 Å². The highest BCUT2D eigenvalue weighted by Gasteiger charge is 2.10. The van der Waals surface area contributed by atoms with Crippen molar-refractivity contribution in [3.05, 3.63) is 54.1 Å². The van der Waals surface area contributed by atoms with Crippen molar-refractivity contribution in [2.24, 2.45) is 0 Å². The molecule has 5 nitrogen and oxygen atoms in total. The van der Waals surface area contributed by atoms with Gasteiger partial charge >= 0.3 is 0 Å². The molecule has 0 aromatic heterocycles. The fourth-order valence-corrected chi connectivity index (χ4v) is 2.11. The van der Waals surface area contributed by atoms with E-state index in [4.69, 9.17) is 4.74 Å². The molecule has 0 fully saturated rings. The molecule has 2 aromatic carbocycles. The van der Waals surface area contributed by atoms with Crippen molar-refractivity contribution in [1.29, 1.82) is 0 Å². The average Bonchev–Trinajstić information content (AvgIpc) is 2.49. The van der Waals surface area contributed by atoms with Crippen LogP contribution in [0, 0.1) is 0 Å². The van der Waals surface area contributed by atoms with Gasteiger partial charge in [0.2, 0.25) is 11.8 Å². The number of para-hydroxylation sites is 3. The number of ether oxygens (including phenoxy) is 1. The predicted molar refractivity (Wildman–Crippen MR) is 86.1 cm³/mol. The summed E-state index contributed by atoms with van der Waals surface area (Å²) in [6, 6.07) is 14.4. The van der Waals surface area contributed by atoms with E-state index in [0.29, 0.717) is 17.1 Å². The topological polar surface area (TPSA) is 67.4 Å². The number of nitrogens with one attached hydrogen (secondary N) is 2. The molecule has 2 aromatic rings. The average molecular weight is 298 g/mol. The first-order chi connectivity index (χ1) is 10.6. The van der Waals surface area contributed by atoms with E-state index >= 15 is 0 Å². The van der Waals surface area contributed by atoms with Gasteiger partial charge in [-0.15, -0.1) is 0 Å². The van der Waals surface area contributed by atoms with Gasteiger partial charge in [0.25, 0.3) is 0 Å². The summed E-state index contributed by atoms with van der Waals surface area (Å²) in [4.78, 5) is 23.4. The lowest BCUT2D eigenvalue weighted by Crippen LogP contribution is -2.17. The maximum absolute atomic E-state index is 12.2. The predicted octanol–water partition coefficient (Wildman–Crippen LogP) is 2.83. The van der Waals surface area contributed by atoms with E-state index in [1.54, 1.807) is 31.4 Å². The van der Waals surface area contributed by atoms with Crippen molar-refractivity contribution in [1.82, 2.24) is 0 Å². The Hall–Kier alpha value is -2.82. The van der Waals surface area contributed by atoms with Crippen LogP contribution >= 0.6 is 0 Å². The number of anilines is 2. The summed E-state index contributed by atoms with van der Waals surface area (Å²) in [6.45, 7) is 1.42. The van der Waals surface area contributed by atoms with Crippen LogP contribution in [0.1, 0.15) is 12.5 Å². The fourth-order valence-electron chi connectivity index (χ4n) is 2.11. The molecule has 0 atom stereocenters. The lowest BCUT2D eigenvalue weighted by atomic mass is 10.1. The van der Waals surface area contributed by atoms with Crippen LogP contribution in [0.4, 0.5) is 11.4 Å². The molecule has 22 heavy (non-hydrogen) atoms. The van der Waals surface area contributed by atoms with Crippen molar-refractivity contribution < 1.29 is 14.3 Å². The first kappa shape index (κ1) is 15.6. The van der Waals surface area contributed by atoms with Gasteiger partial charge in [0.05, 0.1) is 24.9 Å². The van der Waals surface area contributed by atoms with E-state index in [1.807, 2.05) is 24.3 Å². The van der Waals surface area contributed by atoms with Crippen LogP contribution in [0.3, 0.4) is 0 Å². The SMILES string of the molecule is COc1ccccc1CC(=O)Nc1ccccc1NC(C)=O. The normalized spacial score (nSPS) is 9.91. The van der Waals surface area contributed by atoms with Crippen molar-refractivity contribution in [2.45, 2.75) is 13.3 Å². The van der Waals surface area contributed by atoms with E-state index in [9.17, 15) is 9.59 Å². The van der Waals surface area contributed by atoms with Gasteiger partial charge in [-0.3, -0.25) is 9.59 Å². The summed E-state index contributed by atoms with van der Waals surface area (Å²) >= 11 is 0. The lowest BCUT2D eigenvalue weighted by Gasteiger charge is -2.12. The lowest BCUT2D eigenvalue weighted by molar-refractivity contribution is -0.116. The Morgan fingerprint density at radius 1 is 0.955 bits per heavy atom. The second-order valence-electron chi connectivity index (χ2n) is 4.76. The third-order valence-electron chi connectivity index (χ3n) is 3.06. The van der Waals surface area contributed by atoms with E-state index in [2.05, 4.69) is 10.6 Å². The van der Waals surface area contributed by atoms with Crippen LogP contribution in [0.25, 0.3) is 0 Å². The molecule has 0 aliphatic heterocycles. The molecule has 0 aliphatic carbocycles. The summed E-state index contributed by atoms with van der Waals surface area (Å²) in [6.07, 6.45) is 0.193.